The molecule has 0 N–H and O–H groups in total. The Bertz CT molecular complexity index is 1560. The van der Waals surface area contributed by atoms with Crippen LogP contribution in [0.4, 0.5) is 11.4 Å². The van der Waals surface area contributed by atoms with Crippen LogP contribution in [0.2, 0.25) is 0 Å². The van der Waals surface area contributed by atoms with E-state index in [0.29, 0.717) is 23.7 Å². The molecule has 40 heavy (non-hydrogen) atoms. The molecular formula is C37H42N2O. The van der Waals surface area contributed by atoms with Crippen LogP contribution >= 0.6 is 0 Å². The van der Waals surface area contributed by atoms with E-state index in [1.807, 2.05) is 6.26 Å². The molecule has 5 rings (SSSR count). The van der Waals surface area contributed by atoms with Crippen LogP contribution < -0.4 is 0 Å². The van der Waals surface area contributed by atoms with Crippen molar-refractivity contribution in [3.8, 4) is 11.3 Å². The van der Waals surface area contributed by atoms with Gasteiger partial charge in [-0.3, -0.25) is 0 Å². The maximum atomic E-state index is 6.22. The van der Waals surface area contributed by atoms with Gasteiger partial charge in [-0.05, 0) is 58.4 Å². The maximum Gasteiger partial charge on any atom is 0.144 e. The number of fused-ring (bicyclic) bond motifs is 3. The Morgan fingerprint density at radius 1 is 0.525 bits per heavy atom. The number of hydrogen-bond donors (Lipinski definition) is 0. The number of rotatable bonds is 6. The van der Waals surface area contributed by atoms with Crippen molar-refractivity contribution in [2.45, 2.75) is 86.0 Å². The molecule has 206 valence electrons. The Kier molecular flexibility index (Phi) is 7.68. The van der Waals surface area contributed by atoms with Gasteiger partial charge in [0, 0.05) is 11.1 Å². The molecule has 0 fully saturated rings. The lowest BCUT2D eigenvalue weighted by atomic mass is 9.85. The molecule has 0 atom stereocenters. The molecule has 3 aromatic carbocycles. The fourth-order valence-corrected chi connectivity index (χ4v) is 5.80. The molecule has 0 unspecified atom stereocenters. The predicted octanol–water partition coefficient (Wildman–Crippen LogP) is 11.0. The zero-order valence-electron chi connectivity index (χ0n) is 25.5. The minimum absolute atomic E-state index is 0.341. The predicted molar refractivity (Wildman–Crippen MR) is 171 cm³/mol. The number of hydrogen-bond acceptors (Lipinski definition) is 3. The smallest absolute Gasteiger partial charge is 0.144 e. The molecule has 1 aromatic heterocycles. The van der Waals surface area contributed by atoms with Crippen LogP contribution in [0.25, 0.3) is 11.3 Å². The lowest BCUT2D eigenvalue weighted by molar-refractivity contribution is 0.579. The fraction of sp³-hybridized carbons (Fsp3) is 0.351. The van der Waals surface area contributed by atoms with Crippen LogP contribution in [-0.2, 0) is 0 Å². The highest BCUT2D eigenvalue weighted by molar-refractivity contribution is 6.57. The van der Waals surface area contributed by atoms with Crippen molar-refractivity contribution in [3.63, 3.8) is 0 Å². The Morgan fingerprint density at radius 2 is 0.950 bits per heavy atom. The summed E-state index contributed by atoms with van der Waals surface area (Å²) in [6, 6.07) is 21.7. The SMILES string of the molecule is Cc1coc2c1C(=Nc1c(C(C)C)cccc1C(C)C)C(=Nc1c(C(C)C)cccc1C(C)C)c1ccccc1-2. The lowest BCUT2D eigenvalue weighted by Crippen LogP contribution is -2.23. The molecule has 4 aromatic rings. The first-order valence-electron chi connectivity index (χ1n) is 14.7. The standard InChI is InChI=1S/C37H42N2O/c1-21(2)26-16-12-17-27(22(3)4)33(26)38-35-30-14-10-11-15-31(30)37-32(25(9)20-40-37)36(35)39-34-28(23(5)6)18-13-19-29(34)24(7)8/h10-24H,1-9H3. The van der Waals surface area contributed by atoms with E-state index >= 15 is 0 Å². The van der Waals surface area contributed by atoms with E-state index in [1.165, 1.54) is 22.3 Å². The van der Waals surface area contributed by atoms with E-state index in [2.05, 4.69) is 123 Å². The Morgan fingerprint density at radius 3 is 1.40 bits per heavy atom. The van der Waals surface area contributed by atoms with Crippen LogP contribution in [0.3, 0.4) is 0 Å². The number of nitrogens with zero attached hydrogens (tertiary/aromatic N) is 2. The number of furan rings is 1. The van der Waals surface area contributed by atoms with E-state index in [1.54, 1.807) is 0 Å². The minimum atomic E-state index is 0.341. The first-order chi connectivity index (χ1) is 19.1. The monoisotopic (exact) mass is 530 g/mol. The highest BCUT2D eigenvalue weighted by Gasteiger charge is 2.32. The molecule has 0 aliphatic heterocycles. The number of para-hydroxylation sites is 2. The van der Waals surface area contributed by atoms with Gasteiger partial charge in [-0.15, -0.1) is 0 Å². The molecule has 3 heteroatoms. The van der Waals surface area contributed by atoms with Crippen molar-refractivity contribution < 1.29 is 4.42 Å². The second kappa shape index (κ2) is 11.0. The van der Waals surface area contributed by atoms with Gasteiger partial charge < -0.3 is 4.42 Å². The van der Waals surface area contributed by atoms with Crippen molar-refractivity contribution in [1.29, 1.82) is 0 Å². The van der Waals surface area contributed by atoms with Crippen molar-refractivity contribution in [3.05, 3.63) is 106 Å². The van der Waals surface area contributed by atoms with E-state index < -0.39 is 0 Å². The average Bonchev–Trinajstić information content (AvgIpc) is 3.31. The van der Waals surface area contributed by atoms with Crippen molar-refractivity contribution >= 4 is 22.8 Å². The molecule has 0 saturated heterocycles. The summed E-state index contributed by atoms with van der Waals surface area (Å²) >= 11 is 0. The number of aryl methyl sites for hydroxylation is 1. The summed E-state index contributed by atoms with van der Waals surface area (Å²) < 4.78 is 6.22. The highest BCUT2D eigenvalue weighted by atomic mass is 16.3. The lowest BCUT2D eigenvalue weighted by Gasteiger charge is -2.24. The van der Waals surface area contributed by atoms with Crippen LogP contribution in [0.1, 0.15) is 118 Å². The summed E-state index contributed by atoms with van der Waals surface area (Å²) in [4.78, 5) is 11.2. The van der Waals surface area contributed by atoms with Gasteiger partial charge in [0.15, 0.2) is 0 Å². The van der Waals surface area contributed by atoms with Crippen LogP contribution in [-0.4, -0.2) is 11.4 Å². The summed E-state index contributed by atoms with van der Waals surface area (Å²) in [5.41, 5.74) is 13.2. The number of benzene rings is 3. The third-order valence-corrected chi connectivity index (χ3v) is 8.00. The van der Waals surface area contributed by atoms with Crippen LogP contribution in [0, 0.1) is 6.92 Å². The zero-order chi connectivity index (χ0) is 28.7. The van der Waals surface area contributed by atoms with Crippen LogP contribution in [0.5, 0.6) is 0 Å². The largest absolute Gasteiger partial charge is 0.463 e. The topological polar surface area (TPSA) is 37.9 Å². The van der Waals surface area contributed by atoms with Gasteiger partial charge in [-0.2, -0.15) is 0 Å². The molecule has 1 heterocycles. The molecular weight excluding hydrogens is 488 g/mol. The Labute approximate surface area is 240 Å². The molecule has 3 nitrogen and oxygen atoms in total. The van der Waals surface area contributed by atoms with E-state index in [-0.39, 0.29) is 0 Å². The van der Waals surface area contributed by atoms with E-state index in [0.717, 1.165) is 50.8 Å². The molecule has 0 radical (unpaired) electrons. The van der Waals surface area contributed by atoms with Gasteiger partial charge in [0.05, 0.1) is 28.9 Å². The highest BCUT2D eigenvalue weighted by Crippen LogP contribution is 2.43. The van der Waals surface area contributed by atoms with E-state index in [9.17, 15) is 0 Å². The third kappa shape index (κ3) is 4.87. The Hall–Kier alpha value is -3.72. The summed E-state index contributed by atoms with van der Waals surface area (Å²) in [5.74, 6) is 2.25. The molecule has 0 saturated carbocycles. The van der Waals surface area contributed by atoms with Crippen LogP contribution in [0.15, 0.2) is 81.3 Å². The first-order valence-corrected chi connectivity index (χ1v) is 14.7. The van der Waals surface area contributed by atoms with Gasteiger partial charge in [-0.25, -0.2) is 9.98 Å². The van der Waals surface area contributed by atoms with Gasteiger partial charge in [0.1, 0.15) is 11.5 Å². The summed E-state index contributed by atoms with van der Waals surface area (Å²) in [5, 5.41) is 0. The molecule has 1 aliphatic carbocycles. The molecule has 0 amide bonds. The summed E-state index contributed by atoms with van der Waals surface area (Å²) in [7, 11) is 0. The summed E-state index contributed by atoms with van der Waals surface area (Å²) in [6.45, 7) is 20.1. The van der Waals surface area contributed by atoms with E-state index in [4.69, 9.17) is 14.4 Å². The third-order valence-electron chi connectivity index (χ3n) is 8.00. The number of aliphatic imine (C=N–C) groups is 2. The van der Waals surface area contributed by atoms with Crippen molar-refractivity contribution in [2.75, 3.05) is 0 Å². The quantitative estimate of drug-likeness (QED) is 0.244. The maximum absolute atomic E-state index is 6.22. The summed E-state index contributed by atoms with van der Waals surface area (Å²) in [6.07, 6.45) is 1.86. The molecule has 1 aliphatic rings. The molecule has 0 spiro atoms. The van der Waals surface area contributed by atoms with Crippen molar-refractivity contribution in [1.82, 2.24) is 0 Å². The molecule has 0 bridgehead atoms. The Balaban J connectivity index is 1.92. The average molecular weight is 531 g/mol. The van der Waals surface area contributed by atoms with Gasteiger partial charge >= 0.3 is 0 Å². The second-order valence-electron chi connectivity index (χ2n) is 12.3. The second-order valence-corrected chi connectivity index (χ2v) is 12.3. The normalized spacial score (nSPS) is 15.1. The zero-order valence-corrected chi connectivity index (χ0v) is 25.5. The van der Waals surface area contributed by atoms with Gasteiger partial charge in [0.2, 0.25) is 0 Å². The fourth-order valence-electron chi connectivity index (χ4n) is 5.80. The van der Waals surface area contributed by atoms with Gasteiger partial charge in [-0.1, -0.05) is 116 Å². The minimum Gasteiger partial charge on any atom is -0.463 e. The first kappa shape index (κ1) is 27.8. The van der Waals surface area contributed by atoms with Crippen molar-refractivity contribution in [2.24, 2.45) is 9.98 Å². The van der Waals surface area contributed by atoms with Gasteiger partial charge in [0.25, 0.3) is 0 Å².